The molecule has 5 heteroatoms. The van der Waals surface area contributed by atoms with E-state index in [9.17, 15) is 9.59 Å². The number of likely N-dealkylation sites (tertiary alicyclic amines) is 1. The first kappa shape index (κ1) is 16.5. The second-order valence-electron chi connectivity index (χ2n) is 7.98. The lowest BCUT2D eigenvalue weighted by Gasteiger charge is -2.42. The van der Waals surface area contributed by atoms with Gasteiger partial charge in [0.1, 0.15) is 5.58 Å². The molecule has 0 N–H and O–H groups in total. The normalized spacial score (nSPS) is 22.0. The highest BCUT2D eigenvalue weighted by Crippen LogP contribution is 2.35. The molecule has 2 atom stereocenters. The molecule has 2 aliphatic heterocycles. The lowest BCUT2D eigenvalue weighted by molar-refractivity contribution is 0.114. The summed E-state index contributed by atoms with van der Waals surface area (Å²) < 4.78 is 7.34. The van der Waals surface area contributed by atoms with Gasteiger partial charge in [0, 0.05) is 55.3 Å². The van der Waals surface area contributed by atoms with E-state index in [0.717, 1.165) is 54.8 Å². The summed E-state index contributed by atoms with van der Waals surface area (Å²) in [5.74, 6) is 0.852. The van der Waals surface area contributed by atoms with Crippen LogP contribution in [0.25, 0.3) is 11.0 Å². The van der Waals surface area contributed by atoms with Gasteiger partial charge in [0.15, 0.2) is 0 Å². The third-order valence-electron chi connectivity index (χ3n) is 5.94. The number of aromatic nitrogens is 1. The second kappa shape index (κ2) is 6.20. The Morgan fingerprint density at radius 2 is 1.96 bits per heavy atom. The van der Waals surface area contributed by atoms with Gasteiger partial charge >= 0.3 is 5.63 Å². The fourth-order valence-electron chi connectivity index (χ4n) is 4.83. The Labute approximate surface area is 156 Å². The number of aryl methyl sites for hydroxylation is 1. The van der Waals surface area contributed by atoms with Crippen molar-refractivity contribution in [3.63, 3.8) is 0 Å². The Bertz CT molecular complexity index is 1140. The third-order valence-corrected chi connectivity index (χ3v) is 5.94. The lowest BCUT2D eigenvalue weighted by Crippen LogP contribution is -2.46. The average molecular weight is 362 g/mol. The summed E-state index contributed by atoms with van der Waals surface area (Å²) in [5, 5.41) is 1.01. The van der Waals surface area contributed by atoms with Crippen molar-refractivity contribution in [1.82, 2.24) is 9.47 Å². The maximum Gasteiger partial charge on any atom is 0.336 e. The number of benzene rings is 1. The van der Waals surface area contributed by atoms with Crippen LogP contribution in [0.3, 0.4) is 0 Å². The Balaban J connectivity index is 1.48. The molecule has 138 valence electrons. The smallest absolute Gasteiger partial charge is 0.336 e. The highest BCUT2D eigenvalue weighted by Gasteiger charge is 2.34. The van der Waals surface area contributed by atoms with Crippen LogP contribution in [0.15, 0.2) is 56.5 Å². The Kier molecular flexibility index (Phi) is 3.79. The van der Waals surface area contributed by atoms with Crippen LogP contribution in [0.5, 0.6) is 0 Å². The lowest BCUT2D eigenvalue weighted by atomic mass is 9.83. The molecular weight excluding hydrogens is 340 g/mol. The van der Waals surface area contributed by atoms with Gasteiger partial charge in [0.2, 0.25) is 0 Å². The quantitative estimate of drug-likeness (QED) is 0.658. The highest BCUT2D eigenvalue weighted by molar-refractivity contribution is 5.80. The molecule has 3 aromatic rings. The molecule has 0 saturated carbocycles. The minimum Gasteiger partial charge on any atom is -0.423 e. The van der Waals surface area contributed by atoms with Gasteiger partial charge in [0.25, 0.3) is 5.56 Å². The molecule has 27 heavy (non-hydrogen) atoms. The first-order valence-corrected chi connectivity index (χ1v) is 9.52. The van der Waals surface area contributed by atoms with Crippen molar-refractivity contribution in [2.45, 2.75) is 32.4 Å². The molecule has 0 unspecified atom stereocenters. The molecule has 0 aliphatic carbocycles. The van der Waals surface area contributed by atoms with Crippen LogP contribution in [0.2, 0.25) is 0 Å². The molecular formula is C22H22N2O3. The number of pyridine rings is 1. The van der Waals surface area contributed by atoms with Crippen LogP contribution in [0.1, 0.15) is 29.2 Å². The molecule has 2 bridgehead atoms. The van der Waals surface area contributed by atoms with Crippen molar-refractivity contribution in [2.75, 3.05) is 13.1 Å². The minimum atomic E-state index is -0.294. The van der Waals surface area contributed by atoms with Crippen LogP contribution < -0.4 is 11.2 Å². The zero-order chi connectivity index (χ0) is 18.5. The topological polar surface area (TPSA) is 55.5 Å². The SMILES string of the molecule is Cc1ccc2c(CN3C[C@@H]4C[C@H](C3)c3cccc(=O)n3C4)cc(=O)oc2c1. The number of fused-ring (bicyclic) bond motifs is 5. The first-order valence-electron chi connectivity index (χ1n) is 9.52. The van der Waals surface area contributed by atoms with Gasteiger partial charge in [-0.25, -0.2) is 4.79 Å². The molecule has 2 aliphatic rings. The van der Waals surface area contributed by atoms with E-state index in [1.807, 2.05) is 29.7 Å². The van der Waals surface area contributed by atoms with Gasteiger partial charge in [-0.05, 0) is 42.5 Å². The van der Waals surface area contributed by atoms with E-state index in [4.69, 9.17) is 4.42 Å². The average Bonchev–Trinajstić information content (AvgIpc) is 2.62. The standard InChI is InChI=1S/C22H22N2O3/c1-14-5-6-18-16(9-22(26)27-20(18)7-14)12-23-10-15-8-17(13-23)19-3-2-4-21(25)24(19)11-15/h2-7,9,15,17H,8,10-13H2,1H3/t15-,17+/m0/s1. The summed E-state index contributed by atoms with van der Waals surface area (Å²) in [6.07, 6.45) is 1.14. The van der Waals surface area contributed by atoms with Gasteiger partial charge in [0.05, 0.1) is 0 Å². The summed E-state index contributed by atoms with van der Waals surface area (Å²) in [4.78, 5) is 26.6. The summed E-state index contributed by atoms with van der Waals surface area (Å²) in [6, 6.07) is 13.3. The van der Waals surface area contributed by atoms with Crippen molar-refractivity contribution in [3.05, 3.63) is 80.1 Å². The highest BCUT2D eigenvalue weighted by atomic mass is 16.4. The third kappa shape index (κ3) is 2.92. The van der Waals surface area contributed by atoms with Gasteiger partial charge in [-0.1, -0.05) is 18.2 Å². The van der Waals surface area contributed by atoms with Crippen LogP contribution >= 0.6 is 0 Å². The van der Waals surface area contributed by atoms with Gasteiger partial charge in [-0.2, -0.15) is 0 Å². The van der Waals surface area contributed by atoms with Crippen molar-refractivity contribution in [3.8, 4) is 0 Å². The van der Waals surface area contributed by atoms with Crippen LogP contribution in [-0.2, 0) is 13.1 Å². The Morgan fingerprint density at radius 1 is 1.07 bits per heavy atom. The van der Waals surface area contributed by atoms with E-state index in [2.05, 4.69) is 17.0 Å². The van der Waals surface area contributed by atoms with Gasteiger partial charge in [-0.15, -0.1) is 0 Å². The first-order chi connectivity index (χ1) is 13.1. The Hall–Kier alpha value is -2.66. The Morgan fingerprint density at radius 3 is 2.85 bits per heavy atom. The maximum atomic E-state index is 12.2. The zero-order valence-corrected chi connectivity index (χ0v) is 15.4. The van der Waals surface area contributed by atoms with E-state index in [1.165, 1.54) is 0 Å². The fraction of sp³-hybridized carbons (Fsp3) is 0.364. The van der Waals surface area contributed by atoms with E-state index in [-0.39, 0.29) is 11.2 Å². The monoisotopic (exact) mass is 362 g/mol. The molecule has 0 amide bonds. The summed E-state index contributed by atoms with van der Waals surface area (Å²) in [6.45, 7) is 5.38. The second-order valence-corrected chi connectivity index (χ2v) is 7.98. The summed E-state index contributed by atoms with van der Waals surface area (Å²) >= 11 is 0. The predicted octanol–water partition coefficient (Wildman–Crippen LogP) is 2.88. The van der Waals surface area contributed by atoms with Gasteiger partial charge < -0.3 is 8.98 Å². The van der Waals surface area contributed by atoms with Crippen LogP contribution in [-0.4, -0.2) is 22.6 Å². The van der Waals surface area contributed by atoms with Crippen molar-refractivity contribution >= 4 is 11.0 Å². The summed E-state index contributed by atoms with van der Waals surface area (Å²) in [7, 11) is 0. The van der Waals surface area contributed by atoms with E-state index < -0.39 is 0 Å². The predicted molar refractivity (Wildman–Crippen MR) is 104 cm³/mol. The molecule has 4 heterocycles. The molecule has 0 spiro atoms. The minimum absolute atomic E-state index is 0.109. The number of nitrogens with zero attached hydrogens (tertiary/aromatic N) is 2. The number of hydrogen-bond donors (Lipinski definition) is 0. The summed E-state index contributed by atoms with van der Waals surface area (Å²) in [5.41, 5.74) is 3.72. The van der Waals surface area contributed by atoms with Crippen LogP contribution in [0.4, 0.5) is 0 Å². The van der Waals surface area contributed by atoms with Crippen molar-refractivity contribution in [2.24, 2.45) is 5.92 Å². The van der Waals surface area contributed by atoms with Crippen molar-refractivity contribution in [1.29, 1.82) is 0 Å². The molecule has 2 aromatic heterocycles. The molecule has 5 rings (SSSR count). The molecule has 1 aromatic carbocycles. The molecule has 1 fully saturated rings. The number of hydrogen-bond acceptors (Lipinski definition) is 4. The molecule has 5 nitrogen and oxygen atoms in total. The van der Waals surface area contributed by atoms with Gasteiger partial charge in [-0.3, -0.25) is 9.69 Å². The fourth-order valence-corrected chi connectivity index (χ4v) is 4.83. The molecule has 1 saturated heterocycles. The number of rotatable bonds is 2. The van der Waals surface area contributed by atoms with Crippen LogP contribution in [0, 0.1) is 12.8 Å². The largest absolute Gasteiger partial charge is 0.423 e. The zero-order valence-electron chi connectivity index (χ0n) is 15.4. The van der Waals surface area contributed by atoms with Crippen molar-refractivity contribution < 1.29 is 4.42 Å². The maximum absolute atomic E-state index is 12.2. The van der Waals surface area contributed by atoms with E-state index in [0.29, 0.717) is 17.4 Å². The van der Waals surface area contributed by atoms with E-state index in [1.54, 1.807) is 12.1 Å². The van der Waals surface area contributed by atoms with E-state index >= 15 is 0 Å². The number of piperidine rings is 1. The molecule has 0 radical (unpaired) electrons.